The number of nitrogens with one attached hydrogen (secondary N) is 1. The number of carbonyl (C=O) groups is 1. The number of halogens is 6. The normalized spacial score (nSPS) is 23.1. The van der Waals surface area contributed by atoms with E-state index in [-0.39, 0.29) is 5.69 Å². The van der Waals surface area contributed by atoms with Gasteiger partial charge in [-0.05, 0) is 6.42 Å². The Hall–Kier alpha value is -2.16. The number of anilines is 1. The predicted molar refractivity (Wildman–Crippen MR) is 80.2 cm³/mol. The molecule has 0 spiro atoms. The number of carbonyl (C=O) groups excluding carboxylic acids is 1. The van der Waals surface area contributed by atoms with E-state index in [1.165, 1.54) is 6.07 Å². The maximum Gasteiger partial charge on any atom is 0.393 e. The average molecular weight is 399 g/mol. The number of thioether (sulfide) groups is 1. The first-order chi connectivity index (χ1) is 12.0. The number of amides is 1. The third-order valence-electron chi connectivity index (χ3n) is 3.63. The van der Waals surface area contributed by atoms with Gasteiger partial charge in [-0.3, -0.25) is 9.59 Å². The van der Waals surface area contributed by atoms with Crippen LogP contribution in [0.4, 0.5) is 32.0 Å². The Morgan fingerprint density at radius 1 is 1.46 bits per heavy atom. The van der Waals surface area contributed by atoms with Crippen molar-refractivity contribution >= 4 is 23.4 Å². The Labute approximate surface area is 147 Å². The summed E-state index contributed by atoms with van der Waals surface area (Å²) in [5.41, 5.74) is -1.67. The molecule has 1 aromatic rings. The summed E-state index contributed by atoms with van der Waals surface area (Å²) in [4.78, 5) is 23.5. The van der Waals surface area contributed by atoms with Crippen LogP contribution in [0.15, 0.2) is 17.1 Å². The molecular weight excluding hydrogens is 388 g/mol. The van der Waals surface area contributed by atoms with E-state index in [0.29, 0.717) is 22.4 Å². The Morgan fingerprint density at radius 3 is 2.62 bits per heavy atom. The minimum atomic E-state index is -4.65. The highest BCUT2D eigenvalue weighted by Gasteiger charge is 2.52. The minimum Gasteiger partial charge on any atom is -0.324 e. The molecule has 3 unspecified atom stereocenters. The second-order valence-corrected chi connectivity index (χ2v) is 6.82. The van der Waals surface area contributed by atoms with Crippen molar-refractivity contribution in [3.05, 3.63) is 28.4 Å². The van der Waals surface area contributed by atoms with Crippen molar-refractivity contribution in [2.45, 2.75) is 36.1 Å². The number of hydrogen-bond acceptors (Lipinski definition) is 4. The molecule has 5 nitrogen and oxygen atoms in total. The number of pyridine rings is 1. The monoisotopic (exact) mass is 399 g/mol. The number of rotatable bonds is 4. The Balaban J connectivity index is 2.17. The highest BCUT2D eigenvalue weighted by Crippen LogP contribution is 2.46. The van der Waals surface area contributed by atoms with Gasteiger partial charge in [-0.2, -0.15) is 18.4 Å². The van der Waals surface area contributed by atoms with E-state index < -0.39 is 59.3 Å². The molecule has 26 heavy (non-hydrogen) atoms. The van der Waals surface area contributed by atoms with Crippen molar-refractivity contribution in [2.75, 3.05) is 5.32 Å². The molecule has 1 aromatic heterocycles. The highest BCUT2D eigenvalue weighted by molar-refractivity contribution is 8.01. The standard InChI is InChI=1S/C14H11F6N3O2S/c15-8-1-6(4-23(13(8)25)5-11(16)17)22-12(24)9-2-7(14(18,19)20)10(3-21)26-9/h1,4,7,9-11H,2,5H2,(H,22,24). The molecule has 0 bridgehead atoms. The van der Waals surface area contributed by atoms with E-state index >= 15 is 0 Å². The molecule has 1 fully saturated rings. The van der Waals surface area contributed by atoms with Crippen LogP contribution < -0.4 is 10.9 Å². The van der Waals surface area contributed by atoms with Crippen molar-refractivity contribution in [1.82, 2.24) is 4.57 Å². The molecule has 3 atom stereocenters. The lowest BCUT2D eigenvalue weighted by atomic mass is 9.99. The van der Waals surface area contributed by atoms with Crippen LogP contribution in [0, 0.1) is 23.1 Å². The fraction of sp³-hybridized carbons (Fsp3) is 0.500. The Bertz CT molecular complexity index is 788. The van der Waals surface area contributed by atoms with Gasteiger partial charge in [-0.25, -0.2) is 13.2 Å². The van der Waals surface area contributed by atoms with E-state index in [9.17, 15) is 35.9 Å². The molecule has 12 heteroatoms. The molecule has 1 amide bonds. The lowest BCUT2D eigenvalue weighted by Crippen LogP contribution is -2.30. The van der Waals surface area contributed by atoms with Gasteiger partial charge in [0.15, 0.2) is 5.82 Å². The maximum atomic E-state index is 13.5. The zero-order valence-electron chi connectivity index (χ0n) is 12.8. The van der Waals surface area contributed by atoms with Crippen LogP contribution in [0.2, 0.25) is 0 Å². The highest BCUT2D eigenvalue weighted by atomic mass is 32.2. The summed E-state index contributed by atoms with van der Waals surface area (Å²) in [6.45, 7) is -1.11. The molecule has 0 radical (unpaired) electrons. The van der Waals surface area contributed by atoms with Gasteiger partial charge in [-0.15, -0.1) is 11.8 Å². The van der Waals surface area contributed by atoms with Crippen LogP contribution in [0.5, 0.6) is 0 Å². The molecule has 0 aliphatic carbocycles. The van der Waals surface area contributed by atoms with E-state index in [4.69, 9.17) is 5.26 Å². The van der Waals surface area contributed by atoms with Crippen molar-refractivity contribution < 1.29 is 31.1 Å². The SMILES string of the molecule is N#CC1SC(C(=O)Nc2cc(F)c(=O)n(CC(F)F)c2)CC1C(F)(F)F. The van der Waals surface area contributed by atoms with Crippen molar-refractivity contribution in [3.8, 4) is 6.07 Å². The first kappa shape index (κ1) is 20.2. The molecule has 1 aliphatic rings. The molecule has 2 heterocycles. The molecule has 2 rings (SSSR count). The van der Waals surface area contributed by atoms with Crippen LogP contribution in [-0.4, -0.2) is 33.6 Å². The molecular formula is C14H11F6N3O2S. The number of alkyl halides is 5. The van der Waals surface area contributed by atoms with Gasteiger partial charge in [0.2, 0.25) is 5.91 Å². The van der Waals surface area contributed by atoms with Gasteiger partial charge in [0.25, 0.3) is 12.0 Å². The van der Waals surface area contributed by atoms with Crippen molar-refractivity contribution in [1.29, 1.82) is 5.26 Å². The second kappa shape index (κ2) is 7.61. The van der Waals surface area contributed by atoms with Gasteiger partial charge in [0, 0.05) is 12.3 Å². The molecule has 1 N–H and O–H groups in total. The number of aromatic nitrogens is 1. The number of hydrogen-bond donors (Lipinski definition) is 1. The van der Waals surface area contributed by atoms with E-state index in [0.717, 1.165) is 6.20 Å². The van der Waals surface area contributed by atoms with E-state index in [1.807, 2.05) is 0 Å². The fourth-order valence-electron chi connectivity index (χ4n) is 2.45. The lowest BCUT2D eigenvalue weighted by Gasteiger charge is -2.16. The first-order valence-electron chi connectivity index (χ1n) is 7.13. The van der Waals surface area contributed by atoms with E-state index in [2.05, 4.69) is 5.32 Å². The zero-order valence-corrected chi connectivity index (χ0v) is 13.6. The number of nitriles is 1. The average Bonchev–Trinajstić information content (AvgIpc) is 2.96. The van der Waals surface area contributed by atoms with Crippen LogP contribution in [-0.2, 0) is 11.3 Å². The smallest absolute Gasteiger partial charge is 0.324 e. The summed E-state index contributed by atoms with van der Waals surface area (Å²) in [5, 5.41) is 8.22. The largest absolute Gasteiger partial charge is 0.393 e. The topological polar surface area (TPSA) is 74.9 Å². The zero-order chi connectivity index (χ0) is 19.6. The van der Waals surface area contributed by atoms with Crippen LogP contribution in [0.1, 0.15) is 6.42 Å². The van der Waals surface area contributed by atoms with Crippen molar-refractivity contribution in [2.24, 2.45) is 5.92 Å². The predicted octanol–water partition coefficient (Wildman–Crippen LogP) is 2.77. The summed E-state index contributed by atoms with van der Waals surface area (Å²) in [6, 6.07) is 2.08. The summed E-state index contributed by atoms with van der Waals surface area (Å²) in [6.07, 6.45) is -7.47. The molecule has 1 saturated heterocycles. The van der Waals surface area contributed by atoms with E-state index in [1.54, 1.807) is 0 Å². The number of nitrogens with zero attached hydrogens (tertiary/aromatic N) is 2. The van der Waals surface area contributed by atoms with Gasteiger partial charge in [0.05, 0.1) is 29.5 Å². The Morgan fingerprint density at radius 2 is 2.12 bits per heavy atom. The van der Waals surface area contributed by atoms with Crippen molar-refractivity contribution in [3.63, 3.8) is 0 Å². The summed E-state index contributed by atoms with van der Waals surface area (Å²) >= 11 is 0.520. The maximum absolute atomic E-state index is 13.5. The quantitative estimate of drug-likeness (QED) is 0.791. The third-order valence-corrected chi connectivity index (χ3v) is 5.09. The minimum absolute atomic E-state index is 0.350. The summed E-state index contributed by atoms with van der Waals surface area (Å²) < 4.78 is 77.3. The van der Waals surface area contributed by atoms with Crippen LogP contribution in [0.3, 0.4) is 0 Å². The van der Waals surface area contributed by atoms with Gasteiger partial charge >= 0.3 is 6.18 Å². The third kappa shape index (κ3) is 4.51. The fourth-order valence-corrected chi connectivity index (χ4v) is 3.82. The summed E-state index contributed by atoms with van der Waals surface area (Å²) in [7, 11) is 0. The first-order valence-corrected chi connectivity index (χ1v) is 8.08. The summed E-state index contributed by atoms with van der Waals surface area (Å²) in [5.74, 6) is -4.33. The van der Waals surface area contributed by atoms with Gasteiger partial charge in [0.1, 0.15) is 5.25 Å². The molecule has 0 aromatic carbocycles. The lowest BCUT2D eigenvalue weighted by molar-refractivity contribution is -0.171. The van der Waals surface area contributed by atoms with Gasteiger partial charge in [-0.1, -0.05) is 0 Å². The second-order valence-electron chi connectivity index (χ2n) is 5.47. The Kier molecular flexibility index (Phi) is 5.90. The van der Waals surface area contributed by atoms with Crippen LogP contribution >= 0.6 is 11.8 Å². The molecule has 1 aliphatic heterocycles. The molecule has 142 valence electrons. The molecule has 0 saturated carbocycles. The van der Waals surface area contributed by atoms with Gasteiger partial charge < -0.3 is 9.88 Å². The van der Waals surface area contributed by atoms with Crippen LogP contribution in [0.25, 0.3) is 0 Å².